The van der Waals surface area contributed by atoms with Crippen molar-refractivity contribution in [2.45, 2.75) is 42.9 Å². The molecule has 8 aromatic carbocycles. The summed E-state index contributed by atoms with van der Waals surface area (Å²) in [6, 6.07) is 71.7. The molecule has 4 bridgehead atoms. The predicted octanol–water partition coefficient (Wildman–Crippen LogP) is 14.8. The molecule has 0 atom stereocenters. The molecule has 1 heterocycles. The van der Waals surface area contributed by atoms with Gasteiger partial charge in [0.15, 0.2) is 0 Å². The number of fused-ring (bicyclic) bond motifs is 4. The third-order valence-corrected chi connectivity index (χ3v) is 15.9. The van der Waals surface area contributed by atoms with Crippen LogP contribution >= 0.6 is 0 Å². The second kappa shape index (κ2) is 13.5. The van der Waals surface area contributed by atoms with Crippen molar-refractivity contribution in [3.63, 3.8) is 0 Å². The Balaban J connectivity index is 1.07. The molecule has 0 radical (unpaired) electrons. The highest BCUT2D eigenvalue weighted by Crippen LogP contribution is 2.70. The van der Waals surface area contributed by atoms with E-state index in [4.69, 9.17) is 0 Å². The highest BCUT2D eigenvalue weighted by molar-refractivity contribution is 6.12. The second-order valence-electron chi connectivity index (χ2n) is 18.6. The van der Waals surface area contributed by atoms with E-state index in [9.17, 15) is 0 Å². The first-order valence-electron chi connectivity index (χ1n) is 22.5. The van der Waals surface area contributed by atoms with Crippen LogP contribution in [0.4, 0.5) is 0 Å². The first kappa shape index (κ1) is 35.2. The van der Waals surface area contributed by atoms with Crippen LogP contribution in [0.3, 0.4) is 0 Å². The van der Waals surface area contributed by atoms with Crippen LogP contribution in [-0.4, -0.2) is 4.98 Å². The molecule has 5 aliphatic rings. The monoisotopic (exact) mass is 781 g/mol. The zero-order valence-electron chi connectivity index (χ0n) is 34.3. The van der Waals surface area contributed by atoms with Gasteiger partial charge in [0.05, 0.1) is 5.41 Å². The van der Waals surface area contributed by atoms with Crippen molar-refractivity contribution < 1.29 is 0 Å². The second-order valence-corrected chi connectivity index (χ2v) is 18.6. The minimum Gasteiger partial charge on any atom is -0.264 e. The van der Waals surface area contributed by atoms with Crippen molar-refractivity contribution in [2.75, 3.05) is 0 Å². The summed E-state index contributed by atoms with van der Waals surface area (Å²) in [5.74, 6) is 3.09. The first-order valence-corrected chi connectivity index (χ1v) is 22.5. The van der Waals surface area contributed by atoms with Crippen molar-refractivity contribution in [2.24, 2.45) is 23.7 Å². The highest BCUT2D eigenvalue weighted by atomic mass is 14.7. The molecule has 0 N–H and O–H groups in total. The van der Waals surface area contributed by atoms with Gasteiger partial charge in [0.25, 0.3) is 0 Å². The van der Waals surface area contributed by atoms with Gasteiger partial charge in [0, 0.05) is 23.2 Å². The number of benzene rings is 8. The van der Waals surface area contributed by atoms with Crippen LogP contribution in [0.1, 0.15) is 65.5 Å². The summed E-state index contributed by atoms with van der Waals surface area (Å²) < 4.78 is 0. The zero-order valence-corrected chi connectivity index (χ0v) is 34.3. The van der Waals surface area contributed by atoms with Gasteiger partial charge in [-0.25, -0.2) is 0 Å². The molecule has 1 spiro atoms. The Morgan fingerprint density at radius 2 is 0.852 bits per heavy atom. The van der Waals surface area contributed by atoms with E-state index in [-0.39, 0.29) is 5.41 Å². The molecule has 4 saturated carbocycles. The minimum absolute atomic E-state index is 0.0126. The van der Waals surface area contributed by atoms with Gasteiger partial charge in [0.1, 0.15) is 0 Å². The van der Waals surface area contributed by atoms with E-state index in [1.165, 1.54) is 109 Å². The molecule has 1 heteroatoms. The Hall–Kier alpha value is -6.57. The number of rotatable bonds is 5. The Bertz CT molecular complexity index is 3080. The number of nitrogens with zero attached hydrogens (tertiary/aromatic N) is 1. The lowest BCUT2D eigenvalue weighted by Crippen LogP contribution is -2.59. The maximum atomic E-state index is 4.61. The fourth-order valence-electron chi connectivity index (χ4n) is 13.9. The summed E-state index contributed by atoms with van der Waals surface area (Å²) in [5, 5.41) is 4.94. The molecule has 0 unspecified atom stereocenters. The maximum absolute atomic E-state index is 4.61. The molecule has 292 valence electrons. The smallest absolute Gasteiger partial charge is 0.0707 e. The summed E-state index contributed by atoms with van der Waals surface area (Å²) in [6.45, 7) is 0. The molecule has 1 aromatic heterocycles. The number of hydrogen-bond donors (Lipinski definition) is 0. The van der Waals surface area contributed by atoms with Gasteiger partial charge >= 0.3 is 0 Å². The van der Waals surface area contributed by atoms with Crippen LogP contribution in [0, 0.1) is 23.7 Å². The van der Waals surface area contributed by atoms with Crippen molar-refractivity contribution >= 4 is 21.5 Å². The summed E-state index contributed by atoms with van der Waals surface area (Å²) in [4.78, 5) is 4.61. The molecule has 0 aliphatic heterocycles. The molecule has 0 saturated heterocycles. The molecule has 61 heavy (non-hydrogen) atoms. The Morgan fingerprint density at radius 3 is 1.49 bits per heavy atom. The van der Waals surface area contributed by atoms with Crippen molar-refractivity contribution in [1.29, 1.82) is 0 Å². The molecule has 1 nitrogen and oxygen atoms in total. The van der Waals surface area contributed by atoms with E-state index < -0.39 is 5.41 Å². The third kappa shape index (κ3) is 4.92. The Kier molecular flexibility index (Phi) is 7.77. The van der Waals surface area contributed by atoms with E-state index in [2.05, 4.69) is 193 Å². The number of aromatic nitrogens is 1. The Labute approximate surface area is 358 Å². The van der Waals surface area contributed by atoms with Crippen LogP contribution in [0.2, 0.25) is 0 Å². The van der Waals surface area contributed by atoms with E-state index in [0.717, 1.165) is 11.8 Å². The molecular weight excluding hydrogens is 735 g/mol. The maximum Gasteiger partial charge on any atom is 0.0707 e. The van der Waals surface area contributed by atoms with Gasteiger partial charge in [0.2, 0.25) is 0 Å². The molecule has 4 fully saturated rings. The third-order valence-electron chi connectivity index (χ3n) is 15.9. The lowest BCUT2D eigenvalue weighted by Gasteiger charge is -2.65. The van der Waals surface area contributed by atoms with E-state index in [1.807, 2.05) is 12.4 Å². The fraction of sp³-hybridized carbons (Fsp3) is 0.183. The standard InChI is InChI=1S/C60H47N/c1-4-14-41(15-5-1)47-25-27-52(53-30-31-61-38-54(47)53)51-28-26-48(49-20-10-11-21-50(49)51)42-24-29-57-58(37-42)59(43-16-6-2-7-17-43,44-18-8-3-9-19-44)55-22-12-13-23-56(55)60(57)45-33-39-32-40(35-45)36-46(60)34-39/h1-31,37-40,45-46H,32-36H2. The summed E-state index contributed by atoms with van der Waals surface area (Å²) in [7, 11) is 0. The average molecular weight is 782 g/mol. The van der Waals surface area contributed by atoms with Gasteiger partial charge in [-0.2, -0.15) is 0 Å². The summed E-state index contributed by atoms with van der Waals surface area (Å²) in [6.07, 6.45) is 10.8. The fourth-order valence-corrected chi connectivity index (χ4v) is 13.9. The van der Waals surface area contributed by atoms with Crippen LogP contribution in [0.5, 0.6) is 0 Å². The Morgan fingerprint density at radius 1 is 0.361 bits per heavy atom. The van der Waals surface area contributed by atoms with Gasteiger partial charge in [-0.3, -0.25) is 4.98 Å². The highest BCUT2D eigenvalue weighted by Gasteiger charge is 2.63. The van der Waals surface area contributed by atoms with Crippen LogP contribution in [-0.2, 0) is 10.8 Å². The lowest BCUT2D eigenvalue weighted by atomic mass is 9.38. The predicted molar refractivity (Wildman–Crippen MR) is 252 cm³/mol. The van der Waals surface area contributed by atoms with Gasteiger partial charge in [-0.05, 0) is 151 Å². The molecule has 0 amide bonds. The van der Waals surface area contributed by atoms with Crippen molar-refractivity contribution in [3.05, 3.63) is 234 Å². The van der Waals surface area contributed by atoms with Crippen molar-refractivity contribution in [1.82, 2.24) is 4.98 Å². The molecular formula is C60H47N. The zero-order chi connectivity index (χ0) is 40.1. The molecule has 5 aliphatic carbocycles. The number of hydrogen-bond acceptors (Lipinski definition) is 1. The van der Waals surface area contributed by atoms with Crippen LogP contribution < -0.4 is 0 Å². The SMILES string of the molecule is c1ccc(-c2ccc(-c3ccc(-c4ccc5c(c4)C(c4ccccc4)(c4ccccc4)c4ccccc4C54C5CC6CC(C5)CC4C6)c4ccccc34)c3ccncc23)cc1. The van der Waals surface area contributed by atoms with Gasteiger partial charge < -0.3 is 0 Å². The van der Waals surface area contributed by atoms with Gasteiger partial charge in [-0.1, -0.05) is 176 Å². The largest absolute Gasteiger partial charge is 0.264 e. The minimum atomic E-state index is -0.479. The average Bonchev–Trinajstić information content (AvgIpc) is 3.33. The molecule has 9 aromatic rings. The quantitative estimate of drug-likeness (QED) is 0.169. The van der Waals surface area contributed by atoms with Crippen molar-refractivity contribution in [3.8, 4) is 33.4 Å². The summed E-state index contributed by atoms with van der Waals surface area (Å²) >= 11 is 0. The topological polar surface area (TPSA) is 12.9 Å². The normalized spacial score (nSPS) is 23.0. The molecule has 14 rings (SSSR count). The number of pyridine rings is 1. The lowest BCUT2D eigenvalue weighted by molar-refractivity contribution is -0.0440. The van der Waals surface area contributed by atoms with Crippen LogP contribution in [0.25, 0.3) is 54.9 Å². The van der Waals surface area contributed by atoms with E-state index >= 15 is 0 Å². The van der Waals surface area contributed by atoms with Crippen LogP contribution in [0.15, 0.2) is 200 Å². The van der Waals surface area contributed by atoms with E-state index in [0.29, 0.717) is 11.8 Å². The van der Waals surface area contributed by atoms with E-state index in [1.54, 1.807) is 11.1 Å². The van der Waals surface area contributed by atoms with Gasteiger partial charge in [-0.15, -0.1) is 0 Å². The first-order chi connectivity index (χ1) is 30.2. The summed E-state index contributed by atoms with van der Waals surface area (Å²) in [5.41, 5.74) is 15.8.